The Balaban J connectivity index is 1.59. The van der Waals surface area contributed by atoms with Gasteiger partial charge in [-0.25, -0.2) is 4.98 Å². The summed E-state index contributed by atoms with van der Waals surface area (Å²) in [5.41, 5.74) is 1.36. The van der Waals surface area contributed by atoms with Crippen LogP contribution in [0.25, 0.3) is 10.9 Å². The van der Waals surface area contributed by atoms with Crippen molar-refractivity contribution in [1.82, 2.24) is 15.2 Å². The van der Waals surface area contributed by atoms with Gasteiger partial charge in [0.25, 0.3) is 5.91 Å². The van der Waals surface area contributed by atoms with Gasteiger partial charge in [-0.3, -0.25) is 4.79 Å². The van der Waals surface area contributed by atoms with Gasteiger partial charge in [0.1, 0.15) is 11.4 Å². The van der Waals surface area contributed by atoms with Crippen molar-refractivity contribution in [3.63, 3.8) is 0 Å². The first-order valence-corrected chi connectivity index (χ1v) is 7.69. The van der Waals surface area contributed by atoms with Gasteiger partial charge >= 0.3 is 0 Å². The molecule has 1 aromatic carbocycles. The lowest BCUT2D eigenvalue weighted by atomic mass is 10.0. The van der Waals surface area contributed by atoms with Gasteiger partial charge in [-0.15, -0.1) is 0 Å². The summed E-state index contributed by atoms with van der Waals surface area (Å²) < 4.78 is 5.21. The fourth-order valence-electron chi connectivity index (χ4n) is 3.53. The van der Waals surface area contributed by atoms with Crippen LogP contribution in [0.5, 0.6) is 5.75 Å². The zero-order chi connectivity index (χ0) is 15.1. The maximum absolute atomic E-state index is 12.7. The van der Waals surface area contributed by atoms with E-state index in [0.717, 1.165) is 42.8 Å². The highest BCUT2D eigenvalue weighted by Crippen LogP contribution is 2.27. The topological polar surface area (TPSA) is 54.5 Å². The highest BCUT2D eigenvalue weighted by atomic mass is 16.5. The van der Waals surface area contributed by atoms with E-state index in [1.807, 2.05) is 35.2 Å². The molecule has 0 bridgehead atoms. The average molecular weight is 297 g/mol. The second-order valence-electron chi connectivity index (χ2n) is 6.14. The molecule has 3 heterocycles. The summed E-state index contributed by atoms with van der Waals surface area (Å²) in [6.07, 6.45) is 0. The molecule has 1 N–H and O–H groups in total. The van der Waals surface area contributed by atoms with Crippen LogP contribution in [0.1, 0.15) is 10.5 Å². The van der Waals surface area contributed by atoms with Gasteiger partial charge in [-0.1, -0.05) is 6.07 Å². The number of amides is 1. The molecule has 2 atom stereocenters. The molecule has 0 radical (unpaired) electrons. The number of methoxy groups -OCH3 is 1. The maximum Gasteiger partial charge on any atom is 0.272 e. The van der Waals surface area contributed by atoms with Crippen molar-refractivity contribution in [2.45, 2.75) is 0 Å². The molecule has 0 spiro atoms. The summed E-state index contributed by atoms with van der Waals surface area (Å²) in [6.45, 7) is 3.75. The lowest BCUT2D eigenvalue weighted by molar-refractivity contribution is 0.0776. The molecule has 0 aliphatic carbocycles. The van der Waals surface area contributed by atoms with Crippen LogP contribution in [0.3, 0.4) is 0 Å². The fourth-order valence-corrected chi connectivity index (χ4v) is 3.53. The third-order valence-corrected chi connectivity index (χ3v) is 4.79. The van der Waals surface area contributed by atoms with E-state index in [-0.39, 0.29) is 5.91 Å². The van der Waals surface area contributed by atoms with Crippen LogP contribution in [-0.2, 0) is 0 Å². The molecular formula is C17H19N3O2. The van der Waals surface area contributed by atoms with E-state index in [4.69, 9.17) is 4.74 Å². The van der Waals surface area contributed by atoms with Gasteiger partial charge in [-0.2, -0.15) is 0 Å². The first-order valence-electron chi connectivity index (χ1n) is 7.69. The zero-order valence-corrected chi connectivity index (χ0v) is 12.6. The summed E-state index contributed by atoms with van der Waals surface area (Å²) in [5, 5.41) is 4.38. The Bertz CT molecular complexity index is 719. The smallest absolute Gasteiger partial charge is 0.272 e. The molecular weight excluding hydrogens is 278 g/mol. The molecule has 5 nitrogen and oxygen atoms in total. The van der Waals surface area contributed by atoms with Crippen molar-refractivity contribution < 1.29 is 9.53 Å². The third-order valence-electron chi connectivity index (χ3n) is 4.79. The van der Waals surface area contributed by atoms with Crippen LogP contribution < -0.4 is 10.1 Å². The van der Waals surface area contributed by atoms with Crippen molar-refractivity contribution in [3.8, 4) is 5.75 Å². The van der Waals surface area contributed by atoms with E-state index in [0.29, 0.717) is 17.5 Å². The van der Waals surface area contributed by atoms with Gasteiger partial charge in [0.15, 0.2) is 0 Å². The lowest BCUT2D eigenvalue weighted by Crippen LogP contribution is -2.32. The molecule has 1 aromatic heterocycles. The van der Waals surface area contributed by atoms with Gasteiger partial charge in [-0.05, 0) is 36.1 Å². The van der Waals surface area contributed by atoms with E-state index < -0.39 is 0 Å². The average Bonchev–Trinajstić information content (AvgIpc) is 3.14. The Labute approximate surface area is 129 Å². The minimum absolute atomic E-state index is 0.0483. The van der Waals surface area contributed by atoms with Crippen LogP contribution in [0, 0.1) is 11.8 Å². The molecule has 22 heavy (non-hydrogen) atoms. The Hall–Kier alpha value is -2.14. The highest BCUT2D eigenvalue weighted by Gasteiger charge is 2.38. The standard InChI is InChI=1S/C17H19N3O2/c1-22-14-3-5-15-11(6-14)2-4-16(19-15)17(21)20-9-12-7-18-8-13(12)10-20/h2-6,12-13,18H,7-10H2,1H3/t12-,13+. The molecule has 5 heteroatoms. The molecule has 2 aromatic rings. The van der Waals surface area contributed by atoms with E-state index >= 15 is 0 Å². The first-order chi connectivity index (χ1) is 10.7. The summed E-state index contributed by atoms with van der Waals surface area (Å²) in [4.78, 5) is 19.1. The van der Waals surface area contributed by atoms with Gasteiger partial charge in [0, 0.05) is 31.6 Å². The number of hydrogen-bond acceptors (Lipinski definition) is 4. The predicted octanol–water partition coefficient (Wildman–Crippen LogP) is 1.53. The molecule has 114 valence electrons. The number of likely N-dealkylation sites (tertiary alicyclic amines) is 1. The third kappa shape index (κ3) is 2.22. The number of hydrogen-bond donors (Lipinski definition) is 1. The van der Waals surface area contributed by atoms with Crippen molar-refractivity contribution in [3.05, 3.63) is 36.0 Å². The number of pyridine rings is 1. The highest BCUT2D eigenvalue weighted by molar-refractivity contribution is 5.95. The van der Waals surface area contributed by atoms with Crippen LogP contribution in [0.15, 0.2) is 30.3 Å². The predicted molar refractivity (Wildman–Crippen MR) is 84.0 cm³/mol. The molecule has 2 saturated heterocycles. The second kappa shape index (κ2) is 5.25. The second-order valence-corrected chi connectivity index (χ2v) is 6.14. The van der Waals surface area contributed by atoms with E-state index in [9.17, 15) is 4.79 Å². The number of fused-ring (bicyclic) bond motifs is 2. The molecule has 2 aliphatic heterocycles. The summed E-state index contributed by atoms with van der Waals surface area (Å²) in [6, 6.07) is 9.46. The quantitative estimate of drug-likeness (QED) is 0.913. The molecule has 4 rings (SSSR count). The number of carbonyl (C=O) groups excluding carboxylic acids is 1. The van der Waals surface area contributed by atoms with E-state index in [1.54, 1.807) is 7.11 Å². The summed E-state index contributed by atoms with van der Waals surface area (Å²) >= 11 is 0. The van der Waals surface area contributed by atoms with Gasteiger partial charge in [0.2, 0.25) is 0 Å². The van der Waals surface area contributed by atoms with Crippen LogP contribution in [0.4, 0.5) is 0 Å². The number of nitrogens with one attached hydrogen (secondary N) is 1. The van der Waals surface area contributed by atoms with Crippen molar-refractivity contribution in [2.75, 3.05) is 33.3 Å². The van der Waals surface area contributed by atoms with Crippen LogP contribution in [0.2, 0.25) is 0 Å². The SMILES string of the molecule is COc1ccc2nc(C(=O)N3C[C@H]4CNC[C@H]4C3)ccc2c1. The molecule has 2 fully saturated rings. The summed E-state index contributed by atoms with van der Waals surface area (Å²) in [5.74, 6) is 2.06. The number of carbonyl (C=O) groups is 1. The minimum atomic E-state index is 0.0483. The first kappa shape index (κ1) is 13.5. The number of aromatic nitrogens is 1. The molecule has 0 unspecified atom stereocenters. The van der Waals surface area contributed by atoms with Crippen molar-refractivity contribution >= 4 is 16.8 Å². The number of nitrogens with zero attached hydrogens (tertiary/aromatic N) is 2. The minimum Gasteiger partial charge on any atom is -0.497 e. The maximum atomic E-state index is 12.7. The Morgan fingerprint density at radius 1 is 1.23 bits per heavy atom. The molecule has 1 amide bonds. The van der Waals surface area contributed by atoms with Crippen molar-refractivity contribution in [1.29, 1.82) is 0 Å². The van der Waals surface area contributed by atoms with Crippen LogP contribution in [-0.4, -0.2) is 49.1 Å². The number of benzene rings is 1. The lowest BCUT2D eigenvalue weighted by Gasteiger charge is -2.17. The van der Waals surface area contributed by atoms with Crippen molar-refractivity contribution in [2.24, 2.45) is 11.8 Å². The number of ether oxygens (including phenoxy) is 1. The normalized spacial score (nSPS) is 23.8. The fraction of sp³-hybridized carbons (Fsp3) is 0.412. The van der Waals surface area contributed by atoms with E-state index in [2.05, 4.69) is 10.3 Å². The zero-order valence-electron chi connectivity index (χ0n) is 12.6. The Morgan fingerprint density at radius 3 is 2.73 bits per heavy atom. The van der Waals surface area contributed by atoms with Gasteiger partial charge in [0.05, 0.1) is 12.6 Å². The van der Waals surface area contributed by atoms with Gasteiger partial charge < -0.3 is 15.0 Å². The summed E-state index contributed by atoms with van der Waals surface area (Å²) in [7, 11) is 1.64. The van der Waals surface area contributed by atoms with Crippen LogP contribution >= 0.6 is 0 Å². The monoisotopic (exact) mass is 297 g/mol. The Kier molecular flexibility index (Phi) is 3.22. The number of rotatable bonds is 2. The Morgan fingerprint density at radius 2 is 2.00 bits per heavy atom. The largest absolute Gasteiger partial charge is 0.497 e. The molecule has 0 saturated carbocycles. The molecule has 2 aliphatic rings. The van der Waals surface area contributed by atoms with E-state index in [1.165, 1.54) is 0 Å².